The predicted molar refractivity (Wildman–Crippen MR) is 66.4 cm³/mol. The minimum atomic E-state index is -0.0268. The van der Waals surface area contributed by atoms with Gasteiger partial charge in [0.25, 0.3) is 0 Å². The fourth-order valence-electron chi connectivity index (χ4n) is 1.52. The highest BCUT2D eigenvalue weighted by molar-refractivity contribution is 6.30. The third-order valence-corrected chi connectivity index (χ3v) is 2.81. The maximum Gasteiger partial charge on any atom is 0.134 e. The zero-order chi connectivity index (χ0) is 11.5. The topological polar surface area (TPSA) is 39.2 Å². The molecule has 2 N–H and O–H groups in total. The van der Waals surface area contributed by atoms with Crippen LogP contribution in [0.25, 0.3) is 11.3 Å². The van der Waals surface area contributed by atoms with Gasteiger partial charge in [-0.05, 0) is 42.8 Å². The van der Waals surface area contributed by atoms with Crippen molar-refractivity contribution in [3.05, 3.63) is 47.2 Å². The SMILES string of the molecule is CCC(N)c1ccc(-c2ccc(Cl)cc2)o1. The van der Waals surface area contributed by atoms with Crippen molar-refractivity contribution in [3.63, 3.8) is 0 Å². The van der Waals surface area contributed by atoms with Crippen LogP contribution >= 0.6 is 11.6 Å². The molecule has 1 aromatic heterocycles. The Hall–Kier alpha value is -1.25. The molecule has 2 rings (SSSR count). The molecule has 0 saturated carbocycles. The number of furan rings is 1. The van der Waals surface area contributed by atoms with Gasteiger partial charge in [0.1, 0.15) is 11.5 Å². The van der Waals surface area contributed by atoms with Crippen LogP contribution in [0.15, 0.2) is 40.8 Å². The molecular formula is C13H14ClNO. The minimum Gasteiger partial charge on any atom is -0.459 e. The van der Waals surface area contributed by atoms with E-state index in [2.05, 4.69) is 0 Å². The van der Waals surface area contributed by atoms with Crippen molar-refractivity contribution in [2.45, 2.75) is 19.4 Å². The maximum atomic E-state index is 5.89. The fourth-order valence-corrected chi connectivity index (χ4v) is 1.65. The Morgan fingerprint density at radius 3 is 2.50 bits per heavy atom. The standard InChI is InChI=1S/C13H14ClNO/c1-2-11(15)13-8-7-12(16-13)9-3-5-10(14)6-4-9/h3-8,11H,2,15H2,1H3. The van der Waals surface area contributed by atoms with Crippen molar-refractivity contribution in [2.24, 2.45) is 5.73 Å². The smallest absolute Gasteiger partial charge is 0.134 e. The van der Waals surface area contributed by atoms with Crippen LogP contribution in [-0.4, -0.2) is 0 Å². The number of benzene rings is 1. The van der Waals surface area contributed by atoms with Gasteiger partial charge in [-0.1, -0.05) is 18.5 Å². The van der Waals surface area contributed by atoms with Gasteiger partial charge in [-0.25, -0.2) is 0 Å². The molecule has 0 bridgehead atoms. The van der Waals surface area contributed by atoms with Crippen LogP contribution in [0, 0.1) is 0 Å². The summed E-state index contributed by atoms with van der Waals surface area (Å²) >= 11 is 5.83. The van der Waals surface area contributed by atoms with Crippen LogP contribution in [-0.2, 0) is 0 Å². The zero-order valence-electron chi connectivity index (χ0n) is 9.11. The quantitative estimate of drug-likeness (QED) is 0.873. The molecule has 0 spiro atoms. The van der Waals surface area contributed by atoms with Crippen LogP contribution in [0.2, 0.25) is 5.02 Å². The normalized spacial score (nSPS) is 12.7. The van der Waals surface area contributed by atoms with Crippen molar-refractivity contribution in [3.8, 4) is 11.3 Å². The molecule has 0 aliphatic rings. The molecule has 84 valence electrons. The Balaban J connectivity index is 2.28. The number of hydrogen-bond acceptors (Lipinski definition) is 2. The highest BCUT2D eigenvalue weighted by Gasteiger charge is 2.09. The maximum absolute atomic E-state index is 5.89. The first-order valence-corrected chi connectivity index (χ1v) is 5.69. The molecule has 1 atom stereocenters. The third-order valence-electron chi connectivity index (χ3n) is 2.56. The van der Waals surface area contributed by atoms with Gasteiger partial charge >= 0.3 is 0 Å². The van der Waals surface area contributed by atoms with E-state index in [0.29, 0.717) is 0 Å². The molecule has 0 aliphatic carbocycles. The van der Waals surface area contributed by atoms with E-state index in [1.807, 2.05) is 43.3 Å². The Bertz CT molecular complexity index is 461. The van der Waals surface area contributed by atoms with Crippen LogP contribution in [0.4, 0.5) is 0 Å². The molecule has 0 radical (unpaired) electrons. The molecule has 16 heavy (non-hydrogen) atoms. The van der Waals surface area contributed by atoms with Gasteiger partial charge in [0, 0.05) is 10.6 Å². The molecule has 0 fully saturated rings. The van der Waals surface area contributed by atoms with E-state index >= 15 is 0 Å². The molecule has 0 amide bonds. The lowest BCUT2D eigenvalue weighted by molar-refractivity contribution is 0.470. The van der Waals surface area contributed by atoms with Crippen LogP contribution in [0.1, 0.15) is 25.1 Å². The summed E-state index contributed by atoms with van der Waals surface area (Å²) in [5.41, 5.74) is 6.91. The second-order valence-corrected chi connectivity index (χ2v) is 4.16. The molecular weight excluding hydrogens is 222 g/mol. The first-order chi connectivity index (χ1) is 7.70. The summed E-state index contributed by atoms with van der Waals surface area (Å²) in [5.74, 6) is 1.66. The van der Waals surface area contributed by atoms with Crippen molar-refractivity contribution >= 4 is 11.6 Å². The lowest BCUT2D eigenvalue weighted by Gasteiger charge is -2.03. The summed E-state index contributed by atoms with van der Waals surface area (Å²) in [7, 11) is 0. The number of nitrogens with two attached hydrogens (primary N) is 1. The van der Waals surface area contributed by atoms with Gasteiger partial charge in [-0.3, -0.25) is 0 Å². The van der Waals surface area contributed by atoms with Crippen molar-refractivity contribution < 1.29 is 4.42 Å². The fraction of sp³-hybridized carbons (Fsp3) is 0.231. The third kappa shape index (κ3) is 2.29. The van der Waals surface area contributed by atoms with Gasteiger partial charge in [0.2, 0.25) is 0 Å². The van der Waals surface area contributed by atoms with Crippen LogP contribution < -0.4 is 5.73 Å². The Kier molecular flexibility index (Phi) is 3.32. The molecule has 1 unspecified atom stereocenters. The molecule has 2 aromatic rings. The summed E-state index contributed by atoms with van der Waals surface area (Å²) in [4.78, 5) is 0. The summed E-state index contributed by atoms with van der Waals surface area (Å²) in [6, 6.07) is 11.4. The van der Waals surface area contributed by atoms with Crippen LogP contribution in [0.3, 0.4) is 0 Å². The molecule has 2 nitrogen and oxygen atoms in total. The highest BCUT2D eigenvalue weighted by atomic mass is 35.5. The first kappa shape index (κ1) is 11.2. The summed E-state index contributed by atoms with van der Waals surface area (Å²) < 4.78 is 5.69. The number of halogens is 1. The molecule has 1 aromatic carbocycles. The summed E-state index contributed by atoms with van der Waals surface area (Å²) in [6.07, 6.45) is 0.869. The largest absolute Gasteiger partial charge is 0.459 e. The van der Waals surface area contributed by atoms with E-state index in [0.717, 1.165) is 28.5 Å². The van der Waals surface area contributed by atoms with Crippen molar-refractivity contribution in [2.75, 3.05) is 0 Å². The first-order valence-electron chi connectivity index (χ1n) is 5.32. The van der Waals surface area contributed by atoms with Gasteiger partial charge in [0.05, 0.1) is 6.04 Å². The van der Waals surface area contributed by atoms with E-state index in [1.165, 1.54) is 0 Å². The Labute approximate surface area is 100 Å². The van der Waals surface area contributed by atoms with E-state index in [9.17, 15) is 0 Å². The Morgan fingerprint density at radius 2 is 1.88 bits per heavy atom. The number of hydrogen-bond donors (Lipinski definition) is 1. The lowest BCUT2D eigenvalue weighted by atomic mass is 10.2. The zero-order valence-corrected chi connectivity index (χ0v) is 9.87. The van der Waals surface area contributed by atoms with Gasteiger partial charge in [0.15, 0.2) is 0 Å². The molecule has 1 heterocycles. The monoisotopic (exact) mass is 235 g/mol. The Morgan fingerprint density at radius 1 is 1.19 bits per heavy atom. The molecule has 0 aliphatic heterocycles. The highest BCUT2D eigenvalue weighted by Crippen LogP contribution is 2.26. The minimum absolute atomic E-state index is 0.0268. The summed E-state index contributed by atoms with van der Waals surface area (Å²) in [6.45, 7) is 2.04. The second-order valence-electron chi connectivity index (χ2n) is 3.72. The predicted octanol–water partition coefficient (Wildman–Crippen LogP) is 4.01. The van der Waals surface area contributed by atoms with Crippen molar-refractivity contribution in [1.82, 2.24) is 0 Å². The lowest BCUT2D eigenvalue weighted by Crippen LogP contribution is -2.06. The van der Waals surface area contributed by atoms with E-state index in [-0.39, 0.29) is 6.04 Å². The van der Waals surface area contributed by atoms with Crippen LogP contribution in [0.5, 0.6) is 0 Å². The number of rotatable bonds is 3. The van der Waals surface area contributed by atoms with E-state index in [1.54, 1.807) is 0 Å². The van der Waals surface area contributed by atoms with Gasteiger partial charge in [-0.15, -0.1) is 0 Å². The second kappa shape index (κ2) is 4.73. The van der Waals surface area contributed by atoms with Gasteiger partial charge < -0.3 is 10.2 Å². The van der Waals surface area contributed by atoms with Gasteiger partial charge in [-0.2, -0.15) is 0 Å². The van der Waals surface area contributed by atoms with Crippen molar-refractivity contribution in [1.29, 1.82) is 0 Å². The molecule has 0 saturated heterocycles. The summed E-state index contributed by atoms with van der Waals surface area (Å²) in [5, 5.41) is 0.723. The van der Waals surface area contributed by atoms with E-state index < -0.39 is 0 Å². The molecule has 3 heteroatoms. The van der Waals surface area contributed by atoms with E-state index in [4.69, 9.17) is 21.8 Å². The average Bonchev–Trinajstić information content (AvgIpc) is 2.78. The average molecular weight is 236 g/mol.